The monoisotopic (exact) mass is 289 g/mol. The molecular weight excluding hydrogens is 278 g/mol. The topological polar surface area (TPSA) is 58.9 Å². The van der Waals surface area contributed by atoms with Gasteiger partial charge in [0.15, 0.2) is 5.71 Å². The molecule has 0 radical (unpaired) electrons. The first-order valence-corrected chi connectivity index (χ1v) is 6.20. The smallest absolute Gasteiger partial charge is 0.215 e. The number of hydrogen-bond donors (Lipinski definition) is 1. The zero-order valence-electron chi connectivity index (χ0n) is 10.7. The summed E-state index contributed by atoms with van der Waals surface area (Å²) in [5.74, 6) is 0.277. The Kier molecular flexibility index (Phi) is 4.38. The van der Waals surface area contributed by atoms with Gasteiger partial charge >= 0.3 is 0 Å². The van der Waals surface area contributed by atoms with Gasteiger partial charge in [0.05, 0.1) is 7.11 Å². The Labute approximate surface area is 121 Å². The number of carbonyl (C=O) groups excluding carboxylic acids is 1. The molecule has 0 spiro atoms. The molecule has 0 fully saturated rings. The van der Waals surface area contributed by atoms with Crippen molar-refractivity contribution in [2.75, 3.05) is 7.11 Å². The van der Waals surface area contributed by atoms with Crippen LogP contribution in [0.25, 0.3) is 0 Å². The van der Waals surface area contributed by atoms with E-state index in [4.69, 9.17) is 21.5 Å². The van der Waals surface area contributed by atoms with Gasteiger partial charge in [-0.15, -0.1) is 0 Å². The summed E-state index contributed by atoms with van der Waals surface area (Å²) in [7, 11) is 1.55. The van der Waals surface area contributed by atoms with Gasteiger partial charge in [-0.1, -0.05) is 16.8 Å². The standard InChI is InChI=1S/C15H12ClNO3/c1-20-13-8-4-10(5-9-13)14(17-19)15(18)11-2-6-12(16)7-3-11/h2-9,19H,1H3. The fourth-order valence-electron chi connectivity index (χ4n) is 1.72. The summed E-state index contributed by atoms with van der Waals surface area (Å²) in [6.45, 7) is 0. The third-order valence-corrected chi connectivity index (χ3v) is 3.04. The van der Waals surface area contributed by atoms with Crippen LogP contribution in [0.15, 0.2) is 53.7 Å². The van der Waals surface area contributed by atoms with Gasteiger partial charge in [0.2, 0.25) is 5.78 Å². The van der Waals surface area contributed by atoms with Crippen LogP contribution in [-0.4, -0.2) is 23.8 Å². The van der Waals surface area contributed by atoms with Crippen LogP contribution in [0.4, 0.5) is 0 Å². The Morgan fingerprint density at radius 3 is 2.10 bits per heavy atom. The molecule has 20 heavy (non-hydrogen) atoms. The number of Topliss-reactive ketones (excluding diaryl/α,β-unsaturated/α-hetero) is 1. The summed E-state index contributed by atoms with van der Waals surface area (Å²) < 4.78 is 5.04. The lowest BCUT2D eigenvalue weighted by atomic mass is 10.0. The second-order valence-corrected chi connectivity index (χ2v) is 4.45. The molecule has 0 aromatic heterocycles. The van der Waals surface area contributed by atoms with Crippen molar-refractivity contribution < 1.29 is 14.7 Å². The second-order valence-electron chi connectivity index (χ2n) is 4.01. The molecule has 0 bridgehead atoms. The normalized spacial score (nSPS) is 11.2. The van der Waals surface area contributed by atoms with E-state index in [2.05, 4.69) is 5.16 Å². The predicted octanol–water partition coefficient (Wildman–Crippen LogP) is 3.41. The molecule has 2 aromatic carbocycles. The van der Waals surface area contributed by atoms with Crippen molar-refractivity contribution in [1.29, 1.82) is 0 Å². The number of oxime groups is 1. The number of nitrogens with zero attached hydrogens (tertiary/aromatic N) is 1. The molecule has 0 saturated heterocycles. The number of hydrogen-bond acceptors (Lipinski definition) is 4. The Balaban J connectivity index is 2.32. The Morgan fingerprint density at radius 2 is 1.60 bits per heavy atom. The Morgan fingerprint density at radius 1 is 1.05 bits per heavy atom. The van der Waals surface area contributed by atoms with E-state index in [1.165, 1.54) is 0 Å². The molecule has 0 aliphatic carbocycles. The zero-order valence-corrected chi connectivity index (χ0v) is 11.5. The SMILES string of the molecule is COc1ccc(C(=NO)C(=O)c2ccc(Cl)cc2)cc1. The molecule has 2 aromatic rings. The Bertz CT molecular complexity index is 633. The van der Waals surface area contributed by atoms with Crippen molar-refractivity contribution in [3.8, 4) is 5.75 Å². The van der Waals surface area contributed by atoms with Crippen LogP contribution in [0.2, 0.25) is 5.02 Å². The minimum Gasteiger partial charge on any atom is -0.497 e. The molecule has 1 N–H and O–H groups in total. The first-order valence-electron chi connectivity index (χ1n) is 5.82. The van der Waals surface area contributed by atoms with E-state index < -0.39 is 0 Å². The maximum atomic E-state index is 12.3. The fraction of sp³-hybridized carbons (Fsp3) is 0.0667. The van der Waals surface area contributed by atoms with Crippen molar-refractivity contribution in [1.82, 2.24) is 0 Å². The highest BCUT2D eigenvalue weighted by Crippen LogP contribution is 2.16. The van der Waals surface area contributed by atoms with Crippen LogP contribution in [0.5, 0.6) is 5.75 Å². The highest BCUT2D eigenvalue weighted by Gasteiger charge is 2.17. The van der Waals surface area contributed by atoms with E-state index in [-0.39, 0.29) is 11.5 Å². The maximum absolute atomic E-state index is 12.3. The van der Waals surface area contributed by atoms with Crippen LogP contribution >= 0.6 is 11.6 Å². The number of carbonyl (C=O) groups is 1. The average molecular weight is 290 g/mol. The minimum atomic E-state index is -0.380. The van der Waals surface area contributed by atoms with Gasteiger partial charge in [-0.3, -0.25) is 4.79 Å². The van der Waals surface area contributed by atoms with Crippen molar-refractivity contribution >= 4 is 23.1 Å². The molecule has 0 aliphatic rings. The van der Waals surface area contributed by atoms with Gasteiger partial charge in [0, 0.05) is 16.1 Å². The molecule has 0 unspecified atom stereocenters. The van der Waals surface area contributed by atoms with Crippen molar-refractivity contribution in [2.24, 2.45) is 5.16 Å². The van der Waals surface area contributed by atoms with Gasteiger partial charge in [-0.05, 0) is 48.5 Å². The fourth-order valence-corrected chi connectivity index (χ4v) is 1.85. The molecule has 4 nitrogen and oxygen atoms in total. The van der Waals surface area contributed by atoms with Gasteiger partial charge in [0.25, 0.3) is 0 Å². The summed E-state index contributed by atoms with van der Waals surface area (Å²) >= 11 is 5.78. The lowest BCUT2D eigenvalue weighted by Crippen LogP contribution is -2.15. The van der Waals surface area contributed by atoms with E-state index >= 15 is 0 Å². The van der Waals surface area contributed by atoms with Gasteiger partial charge in [-0.2, -0.15) is 0 Å². The molecule has 0 aliphatic heterocycles. The third kappa shape index (κ3) is 2.97. The van der Waals surface area contributed by atoms with Gasteiger partial charge in [-0.25, -0.2) is 0 Å². The summed E-state index contributed by atoms with van der Waals surface area (Å²) in [6.07, 6.45) is 0. The summed E-state index contributed by atoms with van der Waals surface area (Å²) in [4.78, 5) is 12.3. The number of halogens is 1. The lowest BCUT2D eigenvalue weighted by molar-refractivity contribution is 0.106. The summed E-state index contributed by atoms with van der Waals surface area (Å²) in [5.41, 5.74) is 0.876. The predicted molar refractivity (Wildman–Crippen MR) is 77.1 cm³/mol. The van der Waals surface area contributed by atoms with E-state index in [0.29, 0.717) is 21.9 Å². The molecule has 2 rings (SSSR count). The van der Waals surface area contributed by atoms with Crippen LogP contribution < -0.4 is 4.74 Å². The van der Waals surface area contributed by atoms with Gasteiger partial charge < -0.3 is 9.94 Å². The van der Waals surface area contributed by atoms with Crippen molar-refractivity contribution in [2.45, 2.75) is 0 Å². The molecule has 0 atom stereocenters. The molecule has 0 amide bonds. The molecular formula is C15H12ClNO3. The number of methoxy groups -OCH3 is 1. The first-order chi connectivity index (χ1) is 9.65. The van der Waals surface area contributed by atoms with E-state index in [0.717, 1.165) is 0 Å². The van der Waals surface area contributed by atoms with Crippen molar-refractivity contribution in [3.63, 3.8) is 0 Å². The number of ketones is 1. The summed E-state index contributed by atoms with van der Waals surface area (Å²) in [6, 6.07) is 13.1. The Hall–Kier alpha value is -2.33. The van der Waals surface area contributed by atoms with E-state index in [1.54, 1.807) is 55.6 Å². The van der Waals surface area contributed by atoms with Gasteiger partial charge in [0.1, 0.15) is 5.75 Å². The minimum absolute atomic E-state index is 0.0324. The third-order valence-electron chi connectivity index (χ3n) is 2.78. The maximum Gasteiger partial charge on any atom is 0.215 e. The van der Waals surface area contributed by atoms with Crippen LogP contribution in [0.1, 0.15) is 15.9 Å². The van der Waals surface area contributed by atoms with Crippen molar-refractivity contribution in [3.05, 3.63) is 64.7 Å². The van der Waals surface area contributed by atoms with E-state index in [9.17, 15) is 4.79 Å². The number of ether oxygens (including phenoxy) is 1. The highest BCUT2D eigenvalue weighted by molar-refractivity contribution is 6.51. The summed E-state index contributed by atoms with van der Waals surface area (Å²) in [5, 5.41) is 12.7. The molecule has 0 saturated carbocycles. The zero-order chi connectivity index (χ0) is 14.5. The average Bonchev–Trinajstić information content (AvgIpc) is 2.49. The van der Waals surface area contributed by atoms with Crippen LogP contribution in [-0.2, 0) is 0 Å². The molecule has 102 valence electrons. The quantitative estimate of drug-likeness (QED) is 0.406. The number of benzene rings is 2. The second kappa shape index (κ2) is 6.21. The first kappa shape index (κ1) is 14.1. The van der Waals surface area contributed by atoms with Crippen LogP contribution in [0, 0.1) is 0 Å². The highest BCUT2D eigenvalue weighted by atomic mass is 35.5. The molecule has 0 heterocycles. The molecule has 5 heteroatoms. The van der Waals surface area contributed by atoms with Crippen LogP contribution in [0.3, 0.4) is 0 Å². The lowest BCUT2D eigenvalue weighted by Gasteiger charge is -2.05. The number of rotatable bonds is 4. The largest absolute Gasteiger partial charge is 0.497 e. The van der Waals surface area contributed by atoms with E-state index in [1.807, 2.05) is 0 Å².